The van der Waals surface area contributed by atoms with Crippen LogP contribution in [0.25, 0.3) is 0 Å². The highest BCUT2D eigenvalue weighted by Gasteiger charge is 2.27. The van der Waals surface area contributed by atoms with E-state index in [1.54, 1.807) is 0 Å². The molecule has 0 fully saturated rings. The number of hydrogen-bond acceptors (Lipinski definition) is 7. The van der Waals surface area contributed by atoms with Crippen LogP contribution in [0.4, 0.5) is 0 Å². The standard InChI is InChI=1S/C74H126NO8P/c1-6-8-10-12-14-16-18-20-22-24-26-28-29-30-31-32-33-34-35-36-37-38-39-40-41-42-43-44-45-47-49-51-53-55-57-59-61-63-65-67-74(77)83-72(71-82-84(78,79)81-69-68-75(3,4)5)70-80-73(76)66-64-62-60-58-56-54-52-50-48-46-27-25-23-21-19-17-15-13-11-9-7-2/h8,10,14,16,20,22,25-28,30-31,33-34,36-37,39-40,42-43,45,47,72H,6-7,9,11-13,15,17-19,21,23-24,29,32,35,38,41,44,46,48-71H2,1-5H3/p+1/b10-8-,16-14-,22-20-,27-25-,28-26-,31-30-,34-33-,37-36-,40-39-,43-42-,47-45-. The van der Waals surface area contributed by atoms with E-state index in [2.05, 4.69) is 148 Å². The van der Waals surface area contributed by atoms with E-state index in [4.69, 9.17) is 18.5 Å². The third-order valence-electron chi connectivity index (χ3n) is 14.2. The number of rotatable bonds is 61. The first-order chi connectivity index (χ1) is 41.0. The lowest BCUT2D eigenvalue weighted by Crippen LogP contribution is -2.37. The average molecular weight is 1190 g/mol. The topological polar surface area (TPSA) is 108 Å². The lowest BCUT2D eigenvalue weighted by atomic mass is 10.1. The van der Waals surface area contributed by atoms with Crippen molar-refractivity contribution >= 4 is 19.8 Å². The van der Waals surface area contributed by atoms with Gasteiger partial charge in [-0.2, -0.15) is 0 Å². The van der Waals surface area contributed by atoms with Gasteiger partial charge in [0.25, 0.3) is 0 Å². The van der Waals surface area contributed by atoms with Crippen molar-refractivity contribution in [3.05, 3.63) is 134 Å². The number of carbonyl (C=O) groups excluding carboxylic acids is 2. The van der Waals surface area contributed by atoms with E-state index in [0.717, 1.165) is 109 Å². The summed E-state index contributed by atoms with van der Waals surface area (Å²) >= 11 is 0. The van der Waals surface area contributed by atoms with E-state index in [1.807, 2.05) is 21.1 Å². The molecule has 0 bridgehead atoms. The van der Waals surface area contributed by atoms with Crippen LogP contribution in [-0.2, 0) is 32.7 Å². The van der Waals surface area contributed by atoms with E-state index >= 15 is 0 Å². The average Bonchev–Trinajstić information content (AvgIpc) is 3.61. The third-order valence-corrected chi connectivity index (χ3v) is 15.1. The number of unbranched alkanes of at least 4 members (excludes halogenated alkanes) is 25. The zero-order valence-electron chi connectivity index (χ0n) is 54.6. The van der Waals surface area contributed by atoms with Gasteiger partial charge in [0.15, 0.2) is 6.10 Å². The van der Waals surface area contributed by atoms with Crippen molar-refractivity contribution in [1.29, 1.82) is 0 Å². The van der Waals surface area contributed by atoms with E-state index in [0.29, 0.717) is 17.4 Å². The van der Waals surface area contributed by atoms with Gasteiger partial charge < -0.3 is 18.9 Å². The molecule has 0 aromatic carbocycles. The van der Waals surface area contributed by atoms with Gasteiger partial charge in [0.1, 0.15) is 19.8 Å². The quantitative estimate of drug-likeness (QED) is 0.0211. The molecule has 2 unspecified atom stereocenters. The predicted octanol–water partition coefficient (Wildman–Crippen LogP) is 22.0. The molecule has 0 aliphatic heterocycles. The molecule has 10 heteroatoms. The Morgan fingerprint density at radius 2 is 0.679 bits per heavy atom. The number of carbonyl (C=O) groups is 2. The Bertz CT molecular complexity index is 1880. The molecule has 84 heavy (non-hydrogen) atoms. The Morgan fingerprint density at radius 1 is 0.381 bits per heavy atom. The Morgan fingerprint density at radius 3 is 1.02 bits per heavy atom. The Balaban J connectivity index is 4.13. The maximum absolute atomic E-state index is 12.9. The van der Waals surface area contributed by atoms with E-state index in [9.17, 15) is 19.0 Å². The van der Waals surface area contributed by atoms with Crippen molar-refractivity contribution in [2.45, 2.75) is 277 Å². The van der Waals surface area contributed by atoms with Gasteiger partial charge in [0.05, 0.1) is 27.7 Å². The molecule has 0 aromatic rings. The molecule has 0 saturated heterocycles. The molecule has 0 aliphatic rings. The molecular formula is C74H127NO8P+. The van der Waals surface area contributed by atoms with Crippen LogP contribution in [0.15, 0.2) is 134 Å². The third kappa shape index (κ3) is 67.3. The SMILES string of the molecule is CC/C=C\C/C=C\C/C=C\C/C=C\C/C=C\C/C=C\C/C=C\C/C=C\C/C=C\C/C=C\CCCCCCCCCCC(=O)OC(COC(=O)CCCCCCCCCCC/C=C\CCCCCCCCCC)COP(=O)(O)OCC[N+](C)(C)C. The van der Waals surface area contributed by atoms with Crippen molar-refractivity contribution in [3.63, 3.8) is 0 Å². The zero-order chi connectivity index (χ0) is 61.2. The first-order valence-electron chi connectivity index (χ1n) is 33.9. The van der Waals surface area contributed by atoms with Gasteiger partial charge >= 0.3 is 19.8 Å². The van der Waals surface area contributed by atoms with Crippen LogP contribution >= 0.6 is 7.82 Å². The number of quaternary nitrogens is 1. The summed E-state index contributed by atoms with van der Waals surface area (Å²) in [4.78, 5) is 35.8. The van der Waals surface area contributed by atoms with Gasteiger partial charge in [0, 0.05) is 12.8 Å². The first kappa shape index (κ1) is 80.2. The van der Waals surface area contributed by atoms with Crippen LogP contribution in [0.5, 0.6) is 0 Å². The molecule has 0 rings (SSSR count). The Kier molecular flexibility index (Phi) is 60.7. The molecule has 0 radical (unpaired) electrons. The summed E-state index contributed by atoms with van der Waals surface area (Å²) in [5.41, 5.74) is 0. The summed E-state index contributed by atoms with van der Waals surface area (Å²) in [7, 11) is 1.46. The van der Waals surface area contributed by atoms with Crippen LogP contribution in [0, 0.1) is 0 Å². The lowest BCUT2D eigenvalue weighted by molar-refractivity contribution is -0.870. The van der Waals surface area contributed by atoms with E-state index in [1.165, 1.54) is 128 Å². The predicted molar refractivity (Wildman–Crippen MR) is 362 cm³/mol. The second-order valence-electron chi connectivity index (χ2n) is 23.5. The molecule has 9 nitrogen and oxygen atoms in total. The number of allylic oxidation sites excluding steroid dienone is 22. The van der Waals surface area contributed by atoms with Crippen LogP contribution in [0.1, 0.15) is 271 Å². The van der Waals surface area contributed by atoms with Crippen molar-refractivity contribution in [2.24, 2.45) is 0 Å². The van der Waals surface area contributed by atoms with Gasteiger partial charge in [-0.1, -0.05) is 276 Å². The maximum atomic E-state index is 12.9. The maximum Gasteiger partial charge on any atom is 0.472 e. The molecule has 1 N–H and O–H groups in total. The second-order valence-corrected chi connectivity index (χ2v) is 24.9. The van der Waals surface area contributed by atoms with Crippen molar-refractivity contribution in [3.8, 4) is 0 Å². The monoisotopic (exact) mass is 1190 g/mol. The van der Waals surface area contributed by atoms with Gasteiger partial charge in [-0.25, -0.2) is 4.57 Å². The first-order valence-corrected chi connectivity index (χ1v) is 35.4. The van der Waals surface area contributed by atoms with Crippen LogP contribution in [0.2, 0.25) is 0 Å². The fourth-order valence-corrected chi connectivity index (χ4v) is 9.72. The number of phosphoric ester groups is 1. The number of phosphoric acid groups is 1. The van der Waals surface area contributed by atoms with E-state index in [-0.39, 0.29) is 32.0 Å². The molecule has 2 atom stereocenters. The molecule has 480 valence electrons. The molecule has 0 amide bonds. The van der Waals surface area contributed by atoms with Crippen LogP contribution in [0.3, 0.4) is 0 Å². The number of likely N-dealkylation sites (N-methyl/N-ethyl adjacent to an activating group) is 1. The minimum Gasteiger partial charge on any atom is -0.462 e. The zero-order valence-corrected chi connectivity index (χ0v) is 55.5. The Labute approximate surface area is 517 Å². The highest BCUT2D eigenvalue weighted by molar-refractivity contribution is 7.47. The molecule has 0 saturated carbocycles. The number of ether oxygens (including phenoxy) is 2. The molecule has 0 aromatic heterocycles. The normalized spacial score (nSPS) is 14.0. The number of hydrogen-bond donors (Lipinski definition) is 1. The number of nitrogens with zero attached hydrogens (tertiary/aromatic N) is 1. The fraction of sp³-hybridized carbons (Fsp3) is 0.676. The van der Waals surface area contributed by atoms with Gasteiger partial charge in [0.2, 0.25) is 0 Å². The molecule has 0 aliphatic carbocycles. The fourth-order valence-electron chi connectivity index (χ4n) is 8.98. The van der Waals surface area contributed by atoms with Gasteiger partial charge in [-0.05, 0) is 116 Å². The summed E-state index contributed by atoms with van der Waals surface area (Å²) in [6.45, 7) is 4.31. The smallest absolute Gasteiger partial charge is 0.462 e. The highest BCUT2D eigenvalue weighted by Crippen LogP contribution is 2.43. The molecule has 0 heterocycles. The summed E-state index contributed by atoms with van der Waals surface area (Å²) in [5, 5.41) is 0. The van der Waals surface area contributed by atoms with Gasteiger partial charge in [-0.3, -0.25) is 18.6 Å². The summed E-state index contributed by atoms with van der Waals surface area (Å²) in [6, 6.07) is 0. The molecule has 0 spiro atoms. The minimum atomic E-state index is -4.40. The van der Waals surface area contributed by atoms with Crippen LogP contribution < -0.4 is 0 Å². The second kappa shape index (κ2) is 63.6. The number of esters is 2. The van der Waals surface area contributed by atoms with E-state index < -0.39 is 26.5 Å². The van der Waals surface area contributed by atoms with Crippen LogP contribution in [-0.4, -0.2) is 74.9 Å². The summed E-state index contributed by atoms with van der Waals surface area (Å²) in [5.74, 6) is -0.811. The Hall–Kier alpha value is -3.85. The van der Waals surface area contributed by atoms with Crippen molar-refractivity contribution in [1.82, 2.24) is 0 Å². The minimum absolute atomic E-state index is 0.0240. The van der Waals surface area contributed by atoms with Gasteiger partial charge in [-0.15, -0.1) is 0 Å². The summed E-state index contributed by atoms with van der Waals surface area (Å²) in [6.07, 6.45) is 92.5. The largest absolute Gasteiger partial charge is 0.472 e. The lowest BCUT2D eigenvalue weighted by Gasteiger charge is -2.24. The summed E-state index contributed by atoms with van der Waals surface area (Å²) < 4.78 is 34.7. The van der Waals surface area contributed by atoms with Crippen molar-refractivity contribution < 1.29 is 42.1 Å². The van der Waals surface area contributed by atoms with Crippen molar-refractivity contribution in [2.75, 3.05) is 47.5 Å². The molecular weight excluding hydrogens is 1060 g/mol. The highest BCUT2D eigenvalue weighted by atomic mass is 31.2.